The molecule has 0 saturated heterocycles. The Hall–Kier alpha value is -3.00. The second-order valence-corrected chi connectivity index (χ2v) is 5.91. The molecule has 7 nitrogen and oxygen atoms in total. The largest absolute Gasteiger partial charge is 0.488 e. The molecule has 0 spiro atoms. The number of benzene rings is 2. The van der Waals surface area contributed by atoms with Crippen LogP contribution in [0, 0.1) is 0 Å². The number of hydrogen-bond acceptors (Lipinski definition) is 6. The van der Waals surface area contributed by atoms with Crippen molar-refractivity contribution in [2.45, 2.75) is 6.61 Å². The number of halogens is 1. The number of nitrogens with zero attached hydrogens (tertiary/aromatic N) is 3. The van der Waals surface area contributed by atoms with E-state index in [-0.39, 0.29) is 5.82 Å². The first-order chi connectivity index (χ1) is 12.2. The van der Waals surface area contributed by atoms with Gasteiger partial charge in [0.25, 0.3) is 0 Å². The highest BCUT2D eigenvalue weighted by Crippen LogP contribution is 2.18. The van der Waals surface area contributed by atoms with E-state index in [4.69, 9.17) is 4.74 Å². The van der Waals surface area contributed by atoms with E-state index in [0.717, 1.165) is 15.6 Å². The van der Waals surface area contributed by atoms with Gasteiger partial charge in [0.05, 0.1) is 12.4 Å². The molecule has 0 atom stereocenters. The van der Waals surface area contributed by atoms with E-state index >= 15 is 0 Å². The molecule has 8 heteroatoms. The van der Waals surface area contributed by atoms with Gasteiger partial charge in [0, 0.05) is 10.0 Å². The molecule has 0 aliphatic rings. The standard InChI is InChI=1S/C17H14BrN5O2/c18-14-7-5-12(6-8-14)11-25-15-4-2-1-3-13(15)9-19-22-16-10-20-23-17(24)21-16/h1-10H,11H2,(H2,21,22,23,24)/b19-9+. The molecular weight excluding hydrogens is 386 g/mol. The summed E-state index contributed by atoms with van der Waals surface area (Å²) in [6, 6.07) is 15.5. The van der Waals surface area contributed by atoms with Gasteiger partial charge in [0.1, 0.15) is 12.4 Å². The smallest absolute Gasteiger partial charge is 0.363 e. The lowest BCUT2D eigenvalue weighted by atomic mass is 10.2. The maximum atomic E-state index is 11.1. The number of hydrogen-bond donors (Lipinski definition) is 2. The third-order valence-corrected chi connectivity index (χ3v) is 3.71. The Morgan fingerprint density at radius 3 is 2.80 bits per heavy atom. The normalized spacial score (nSPS) is 10.8. The molecule has 3 rings (SSSR count). The van der Waals surface area contributed by atoms with Crippen LogP contribution >= 0.6 is 15.9 Å². The number of aromatic nitrogens is 3. The molecule has 0 amide bonds. The quantitative estimate of drug-likeness (QED) is 0.490. The first-order valence-corrected chi connectivity index (χ1v) is 8.17. The summed E-state index contributed by atoms with van der Waals surface area (Å²) in [5.74, 6) is 0.959. The van der Waals surface area contributed by atoms with Crippen molar-refractivity contribution >= 4 is 28.0 Å². The van der Waals surface area contributed by atoms with E-state index in [1.54, 1.807) is 6.21 Å². The number of H-pyrrole nitrogens is 1. The Balaban J connectivity index is 1.66. The fourth-order valence-electron chi connectivity index (χ4n) is 1.99. The van der Waals surface area contributed by atoms with E-state index in [0.29, 0.717) is 12.4 Å². The van der Waals surface area contributed by atoms with Gasteiger partial charge in [-0.2, -0.15) is 15.2 Å². The summed E-state index contributed by atoms with van der Waals surface area (Å²) in [7, 11) is 0. The number of rotatable bonds is 6. The molecule has 2 aromatic carbocycles. The average Bonchev–Trinajstić information content (AvgIpc) is 2.62. The molecule has 0 fully saturated rings. The zero-order valence-corrected chi connectivity index (χ0v) is 14.6. The predicted molar refractivity (Wildman–Crippen MR) is 98.8 cm³/mol. The van der Waals surface area contributed by atoms with Crippen molar-refractivity contribution in [3.05, 3.63) is 80.8 Å². The molecule has 0 radical (unpaired) electrons. The van der Waals surface area contributed by atoms with E-state index < -0.39 is 5.69 Å². The zero-order valence-electron chi connectivity index (χ0n) is 13.0. The van der Waals surface area contributed by atoms with Crippen molar-refractivity contribution in [2.75, 3.05) is 5.43 Å². The molecule has 0 aliphatic carbocycles. The summed E-state index contributed by atoms with van der Waals surface area (Å²) >= 11 is 3.41. The molecule has 3 aromatic rings. The van der Waals surface area contributed by atoms with Crippen LogP contribution < -0.4 is 15.9 Å². The van der Waals surface area contributed by atoms with E-state index in [9.17, 15) is 4.79 Å². The van der Waals surface area contributed by atoms with Crippen LogP contribution in [-0.2, 0) is 6.61 Å². The van der Waals surface area contributed by atoms with Crippen molar-refractivity contribution in [3.63, 3.8) is 0 Å². The van der Waals surface area contributed by atoms with Crippen molar-refractivity contribution in [3.8, 4) is 5.75 Å². The summed E-state index contributed by atoms with van der Waals surface area (Å²) < 4.78 is 6.89. The molecule has 0 unspecified atom stereocenters. The van der Waals surface area contributed by atoms with Crippen LogP contribution in [0.5, 0.6) is 5.75 Å². The van der Waals surface area contributed by atoms with Crippen LogP contribution in [0.25, 0.3) is 0 Å². The molecule has 0 aliphatic heterocycles. The summed E-state index contributed by atoms with van der Waals surface area (Å²) in [4.78, 5) is 14.8. The van der Waals surface area contributed by atoms with Gasteiger partial charge in [-0.3, -0.25) is 5.43 Å². The number of para-hydroxylation sites is 1. The Kier molecular flexibility index (Phi) is 5.53. The molecule has 1 aromatic heterocycles. The highest BCUT2D eigenvalue weighted by molar-refractivity contribution is 9.10. The minimum atomic E-state index is -0.543. The minimum Gasteiger partial charge on any atom is -0.488 e. The first-order valence-electron chi connectivity index (χ1n) is 7.38. The molecule has 2 N–H and O–H groups in total. The molecule has 1 heterocycles. The minimum absolute atomic E-state index is 0.258. The van der Waals surface area contributed by atoms with Gasteiger partial charge in [-0.25, -0.2) is 9.89 Å². The molecule has 0 saturated carbocycles. The van der Waals surface area contributed by atoms with Gasteiger partial charge >= 0.3 is 5.69 Å². The summed E-state index contributed by atoms with van der Waals surface area (Å²) in [6.07, 6.45) is 2.97. The fourth-order valence-corrected chi connectivity index (χ4v) is 2.26. The van der Waals surface area contributed by atoms with Crippen LogP contribution in [0.1, 0.15) is 11.1 Å². The Bertz CT molecular complexity index is 925. The Morgan fingerprint density at radius 1 is 1.20 bits per heavy atom. The number of ether oxygens (including phenoxy) is 1. The van der Waals surface area contributed by atoms with Crippen LogP contribution in [0.15, 0.2) is 69.1 Å². The van der Waals surface area contributed by atoms with Gasteiger partial charge < -0.3 is 4.74 Å². The SMILES string of the molecule is O=c1nc(N/N=C/c2ccccc2OCc2ccc(Br)cc2)cn[nH]1. The summed E-state index contributed by atoms with van der Waals surface area (Å²) in [6.45, 7) is 0.450. The van der Waals surface area contributed by atoms with Crippen LogP contribution in [0.3, 0.4) is 0 Å². The third kappa shape index (κ3) is 4.98. The fraction of sp³-hybridized carbons (Fsp3) is 0.0588. The number of anilines is 1. The molecular formula is C17H14BrN5O2. The summed E-state index contributed by atoms with van der Waals surface area (Å²) in [5.41, 5.74) is 3.97. The number of aromatic amines is 1. The number of nitrogens with one attached hydrogen (secondary N) is 2. The number of hydrazone groups is 1. The predicted octanol–water partition coefficient (Wildman–Crippen LogP) is 2.95. The van der Waals surface area contributed by atoms with Crippen LogP contribution in [0.2, 0.25) is 0 Å². The Labute approximate surface area is 151 Å². The van der Waals surface area contributed by atoms with Crippen molar-refractivity contribution in [1.82, 2.24) is 15.2 Å². The second kappa shape index (κ2) is 8.20. The van der Waals surface area contributed by atoms with E-state index in [1.165, 1.54) is 6.20 Å². The van der Waals surface area contributed by atoms with Crippen molar-refractivity contribution < 1.29 is 4.74 Å². The highest BCUT2D eigenvalue weighted by atomic mass is 79.9. The average molecular weight is 400 g/mol. The Morgan fingerprint density at radius 2 is 2.00 bits per heavy atom. The van der Waals surface area contributed by atoms with E-state index in [2.05, 4.69) is 41.6 Å². The van der Waals surface area contributed by atoms with Gasteiger partial charge in [0.2, 0.25) is 0 Å². The van der Waals surface area contributed by atoms with E-state index in [1.807, 2.05) is 48.5 Å². The molecule has 0 bridgehead atoms. The van der Waals surface area contributed by atoms with Crippen molar-refractivity contribution in [2.24, 2.45) is 5.10 Å². The molecule has 25 heavy (non-hydrogen) atoms. The van der Waals surface area contributed by atoms with Gasteiger partial charge in [-0.15, -0.1) is 0 Å². The highest BCUT2D eigenvalue weighted by Gasteiger charge is 2.02. The first kappa shape index (κ1) is 16.8. The second-order valence-electron chi connectivity index (χ2n) is 5.00. The lowest BCUT2D eigenvalue weighted by Gasteiger charge is -2.09. The third-order valence-electron chi connectivity index (χ3n) is 3.18. The van der Waals surface area contributed by atoms with Gasteiger partial charge in [-0.05, 0) is 29.8 Å². The van der Waals surface area contributed by atoms with Crippen LogP contribution in [-0.4, -0.2) is 21.4 Å². The maximum Gasteiger partial charge on any atom is 0.363 e. The monoisotopic (exact) mass is 399 g/mol. The van der Waals surface area contributed by atoms with Gasteiger partial charge in [0.15, 0.2) is 5.82 Å². The lowest BCUT2D eigenvalue weighted by Crippen LogP contribution is -2.13. The maximum absolute atomic E-state index is 11.1. The van der Waals surface area contributed by atoms with Gasteiger partial charge in [-0.1, -0.05) is 40.2 Å². The topological polar surface area (TPSA) is 92.3 Å². The molecule has 126 valence electrons. The zero-order chi connectivity index (χ0) is 17.5. The summed E-state index contributed by atoms with van der Waals surface area (Å²) in [5, 5.41) is 9.89. The lowest BCUT2D eigenvalue weighted by molar-refractivity contribution is 0.306. The van der Waals surface area contributed by atoms with Crippen LogP contribution in [0.4, 0.5) is 5.82 Å². The van der Waals surface area contributed by atoms with Crippen molar-refractivity contribution in [1.29, 1.82) is 0 Å².